The Kier molecular flexibility index (Phi) is 5.37. The molecule has 0 radical (unpaired) electrons. The van der Waals surface area contributed by atoms with Crippen molar-refractivity contribution in [1.82, 2.24) is 15.1 Å². The van der Waals surface area contributed by atoms with Crippen LogP contribution in [0.4, 0.5) is 0 Å². The Bertz CT molecular complexity index is 483. The third-order valence-electron chi connectivity index (χ3n) is 2.43. The summed E-state index contributed by atoms with van der Waals surface area (Å²) in [5, 5.41) is 7.80. The van der Waals surface area contributed by atoms with Gasteiger partial charge < -0.3 is 10.1 Å². The van der Waals surface area contributed by atoms with E-state index in [0.717, 1.165) is 35.7 Å². The zero-order valence-corrected chi connectivity index (χ0v) is 12.6. The molecule has 98 valence electrons. The van der Waals surface area contributed by atoms with Gasteiger partial charge in [0.15, 0.2) is 0 Å². The first-order chi connectivity index (χ1) is 8.78. The lowest BCUT2D eigenvalue weighted by Gasteiger charge is -2.01. The third-order valence-corrected chi connectivity index (χ3v) is 4.04. The van der Waals surface area contributed by atoms with Crippen LogP contribution in [0.2, 0.25) is 0 Å². The standard InChI is InChI=1S/C12H16BrN3OS/c1-17-7-5-14-8-10-4-6-16(15-10)9-11-2-3-12(13)18-11/h2-4,6,14H,5,7-9H2,1H3. The Hall–Kier alpha value is -0.690. The highest BCUT2D eigenvalue weighted by molar-refractivity contribution is 9.11. The molecule has 0 spiro atoms. The minimum atomic E-state index is 0.726. The van der Waals surface area contributed by atoms with Crippen molar-refractivity contribution in [3.63, 3.8) is 0 Å². The topological polar surface area (TPSA) is 39.1 Å². The van der Waals surface area contributed by atoms with Crippen molar-refractivity contribution in [2.24, 2.45) is 0 Å². The first-order valence-electron chi connectivity index (χ1n) is 5.74. The number of nitrogens with one attached hydrogen (secondary N) is 1. The van der Waals surface area contributed by atoms with E-state index in [0.29, 0.717) is 0 Å². The van der Waals surface area contributed by atoms with E-state index in [1.54, 1.807) is 18.4 Å². The number of hydrogen-bond donors (Lipinski definition) is 1. The minimum Gasteiger partial charge on any atom is -0.383 e. The van der Waals surface area contributed by atoms with Crippen molar-refractivity contribution in [3.8, 4) is 0 Å². The first-order valence-corrected chi connectivity index (χ1v) is 7.35. The van der Waals surface area contributed by atoms with Gasteiger partial charge in [0, 0.05) is 31.3 Å². The number of aromatic nitrogens is 2. The summed E-state index contributed by atoms with van der Waals surface area (Å²) in [6.07, 6.45) is 2.01. The second kappa shape index (κ2) is 7.04. The van der Waals surface area contributed by atoms with Gasteiger partial charge in [-0.25, -0.2) is 0 Å². The summed E-state index contributed by atoms with van der Waals surface area (Å²) in [7, 11) is 1.70. The van der Waals surface area contributed by atoms with Gasteiger partial charge in [-0.2, -0.15) is 5.10 Å². The van der Waals surface area contributed by atoms with Crippen LogP contribution >= 0.6 is 27.3 Å². The van der Waals surface area contributed by atoms with Crippen molar-refractivity contribution in [3.05, 3.63) is 38.8 Å². The second-order valence-electron chi connectivity index (χ2n) is 3.88. The second-order valence-corrected chi connectivity index (χ2v) is 6.43. The molecule has 0 saturated carbocycles. The van der Waals surface area contributed by atoms with Gasteiger partial charge in [0.05, 0.1) is 22.6 Å². The maximum absolute atomic E-state index is 4.98. The first kappa shape index (κ1) is 13.7. The molecule has 0 amide bonds. The van der Waals surface area contributed by atoms with Crippen LogP contribution in [0, 0.1) is 0 Å². The molecule has 0 unspecified atom stereocenters. The maximum Gasteiger partial charge on any atom is 0.0762 e. The smallest absolute Gasteiger partial charge is 0.0762 e. The van der Waals surface area contributed by atoms with Crippen LogP contribution in [0.25, 0.3) is 0 Å². The van der Waals surface area contributed by atoms with Crippen LogP contribution < -0.4 is 5.32 Å². The summed E-state index contributed by atoms with van der Waals surface area (Å²) in [5.41, 5.74) is 1.06. The van der Waals surface area contributed by atoms with E-state index < -0.39 is 0 Å². The largest absolute Gasteiger partial charge is 0.383 e. The molecule has 2 rings (SSSR count). The number of hydrogen-bond acceptors (Lipinski definition) is 4. The molecular weight excluding hydrogens is 314 g/mol. The summed E-state index contributed by atoms with van der Waals surface area (Å²) < 4.78 is 8.10. The van der Waals surface area contributed by atoms with Gasteiger partial charge in [-0.05, 0) is 34.1 Å². The van der Waals surface area contributed by atoms with E-state index >= 15 is 0 Å². The lowest BCUT2D eigenvalue weighted by Crippen LogP contribution is -2.19. The normalized spacial score (nSPS) is 11.0. The Morgan fingerprint density at radius 1 is 1.44 bits per heavy atom. The van der Waals surface area contributed by atoms with Crippen molar-refractivity contribution in [2.45, 2.75) is 13.1 Å². The summed E-state index contributed by atoms with van der Waals surface area (Å²) in [6, 6.07) is 6.23. The molecule has 0 saturated heterocycles. The Labute approximate surface area is 119 Å². The number of thiophene rings is 1. The van der Waals surface area contributed by atoms with E-state index in [2.05, 4.69) is 38.5 Å². The Balaban J connectivity index is 1.82. The van der Waals surface area contributed by atoms with Crippen molar-refractivity contribution >= 4 is 27.3 Å². The van der Waals surface area contributed by atoms with E-state index in [9.17, 15) is 0 Å². The van der Waals surface area contributed by atoms with Crippen LogP contribution in [0.15, 0.2) is 28.2 Å². The fourth-order valence-corrected chi connectivity index (χ4v) is 3.05. The molecular formula is C12H16BrN3OS. The van der Waals surface area contributed by atoms with Crippen molar-refractivity contribution < 1.29 is 4.74 Å². The van der Waals surface area contributed by atoms with Crippen LogP contribution in [0.5, 0.6) is 0 Å². The summed E-state index contributed by atoms with van der Waals surface area (Å²) in [4.78, 5) is 1.30. The summed E-state index contributed by atoms with van der Waals surface area (Å²) in [6.45, 7) is 3.18. The van der Waals surface area contributed by atoms with Crippen molar-refractivity contribution in [1.29, 1.82) is 0 Å². The highest BCUT2D eigenvalue weighted by Gasteiger charge is 2.02. The van der Waals surface area contributed by atoms with Gasteiger partial charge in [0.25, 0.3) is 0 Å². The molecule has 0 aliphatic rings. The molecule has 4 nitrogen and oxygen atoms in total. The molecule has 0 fully saturated rings. The number of rotatable bonds is 7. The molecule has 6 heteroatoms. The molecule has 0 aliphatic heterocycles. The number of halogens is 1. The van der Waals surface area contributed by atoms with Gasteiger partial charge in [-0.15, -0.1) is 11.3 Å². The van der Waals surface area contributed by atoms with Crippen LogP contribution in [-0.4, -0.2) is 30.0 Å². The van der Waals surface area contributed by atoms with E-state index in [1.807, 2.05) is 16.9 Å². The number of methoxy groups -OCH3 is 1. The predicted molar refractivity (Wildman–Crippen MR) is 76.9 cm³/mol. The van der Waals surface area contributed by atoms with Crippen molar-refractivity contribution in [2.75, 3.05) is 20.3 Å². The number of nitrogens with zero attached hydrogens (tertiary/aromatic N) is 2. The molecule has 0 bridgehead atoms. The van der Waals surface area contributed by atoms with Crippen LogP contribution in [0.1, 0.15) is 10.6 Å². The monoisotopic (exact) mass is 329 g/mol. The zero-order chi connectivity index (χ0) is 12.8. The SMILES string of the molecule is COCCNCc1ccn(Cc2ccc(Br)s2)n1. The van der Waals surface area contributed by atoms with E-state index in [4.69, 9.17) is 4.74 Å². The molecule has 2 aromatic heterocycles. The van der Waals surface area contributed by atoms with Gasteiger partial charge >= 0.3 is 0 Å². The van der Waals surface area contributed by atoms with Gasteiger partial charge in [-0.3, -0.25) is 4.68 Å². The zero-order valence-electron chi connectivity index (χ0n) is 10.2. The summed E-state index contributed by atoms with van der Waals surface area (Å²) >= 11 is 5.21. The fraction of sp³-hybridized carbons (Fsp3) is 0.417. The van der Waals surface area contributed by atoms with Gasteiger partial charge in [0.1, 0.15) is 0 Å². The molecule has 0 aliphatic carbocycles. The average molecular weight is 330 g/mol. The van der Waals surface area contributed by atoms with Crippen LogP contribution in [-0.2, 0) is 17.8 Å². The third kappa shape index (κ3) is 4.20. The molecule has 2 aromatic rings. The molecule has 2 heterocycles. The van der Waals surface area contributed by atoms with Gasteiger partial charge in [-0.1, -0.05) is 0 Å². The van der Waals surface area contributed by atoms with Gasteiger partial charge in [0.2, 0.25) is 0 Å². The molecule has 0 aromatic carbocycles. The van der Waals surface area contributed by atoms with E-state index in [1.165, 1.54) is 4.88 Å². The highest BCUT2D eigenvalue weighted by Crippen LogP contribution is 2.22. The lowest BCUT2D eigenvalue weighted by molar-refractivity contribution is 0.199. The quantitative estimate of drug-likeness (QED) is 0.793. The summed E-state index contributed by atoms with van der Waals surface area (Å²) in [5.74, 6) is 0. The Morgan fingerprint density at radius 2 is 2.33 bits per heavy atom. The fourth-order valence-electron chi connectivity index (χ4n) is 1.57. The Morgan fingerprint density at radius 3 is 3.06 bits per heavy atom. The lowest BCUT2D eigenvalue weighted by atomic mass is 10.4. The van der Waals surface area contributed by atoms with Crippen LogP contribution in [0.3, 0.4) is 0 Å². The minimum absolute atomic E-state index is 0.726. The molecule has 1 N–H and O–H groups in total. The highest BCUT2D eigenvalue weighted by atomic mass is 79.9. The average Bonchev–Trinajstić information content (AvgIpc) is 2.95. The molecule has 18 heavy (non-hydrogen) atoms. The number of ether oxygens (including phenoxy) is 1. The van der Waals surface area contributed by atoms with E-state index in [-0.39, 0.29) is 0 Å². The molecule has 0 atom stereocenters. The maximum atomic E-state index is 4.98. The predicted octanol–water partition coefficient (Wildman–Crippen LogP) is 2.49.